The summed E-state index contributed by atoms with van der Waals surface area (Å²) in [5.74, 6) is 0.121. The standard InChI is InChI=1S/C9H12FNO4S/c1-14-16(12,13)7-2-3-8(11)9(6-7)15-5-4-10/h2-3,6H,4-5,11H2,1H3. The van der Waals surface area contributed by atoms with E-state index in [1.54, 1.807) is 0 Å². The van der Waals surface area contributed by atoms with Crippen molar-refractivity contribution in [1.29, 1.82) is 0 Å². The number of benzene rings is 1. The van der Waals surface area contributed by atoms with Gasteiger partial charge in [0.2, 0.25) is 0 Å². The lowest BCUT2D eigenvalue weighted by molar-refractivity contribution is 0.274. The van der Waals surface area contributed by atoms with E-state index in [0.717, 1.165) is 7.11 Å². The Balaban J connectivity index is 3.07. The maximum Gasteiger partial charge on any atom is 0.296 e. The van der Waals surface area contributed by atoms with E-state index in [1.165, 1.54) is 18.2 Å². The fraction of sp³-hybridized carbons (Fsp3) is 0.333. The molecule has 1 aromatic carbocycles. The zero-order valence-electron chi connectivity index (χ0n) is 8.64. The molecule has 1 rings (SSSR count). The average molecular weight is 249 g/mol. The number of rotatable bonds is 5. The number of anilines is 1. The maximum absolute atomic E-state index is 11.9. The van der Waals surface area contributed by atoms with E-state index in [4.69, 9.17) is 10.5 Å². The predicted octanol–water partition coefficient (Wildman–Crippen LogP) is 0.952. The molecule has 0 amide bonds. The van der Waals surface area contributed by atoms with Crippen molar-refractivity contribution in [3.63, 3.8) is 0 Å². The second kappa shape index (κ2) is 5.13. The van der Waals surface area contributed by atoms with Gasteiger partial charge in [0.1, 0.15) is 19.0 Å². The van der Waals surface area contributed by atoms with Crippen LogP contribution in [-0.4, -0.2) is 28.8 Å². The number of alkyl halides is 1. The fourth-order valence-corrected chi connectivity index (χ4v) is 1.72. The van der Waals surface area contributed by atoms with Crippen molar-refractivity contribution in [1.82, 2.24) is 0 Å². The number of nitrogens with two attached hydrogens (primary N) is 1. The molecule has 0 heterocycles. The lowest BCUT2D eigenvalue weighted by Gasteiger charge is -2.09. The number of ether oxygens (including phenoxy) is 1. The molecule has 0 atom stereocenters. The molecule has 0 aliphatic rings. The number of nitrogen functional groups attached to an aromatic ring is 1. The molecule has 16 heavy (non-hydrogen) atoms. The van der Waals surface area contributed by atoms with Crippen LogP contribution < -0.4 is 10.5 Å². The Labute approximate surface area is 93.1 Å². The van der Waals surface area contributed by atoms with E-state index in [0.29, 0.717) is 0 Å². The zero-order valence-corrected chi connectivity index (χ0v) is 9.46. The highest BCUT2D eigenvalue weighted by molar-refractivity contribution is 7.86. The summed E-state index contributed by atoms with van der Waals surface area (Å²) in [6.45, 7) is -0.860. The van der Waals surface area contributed by atoms with Crippen LogP contribution in [0, 0.1) is 0 Å². The van der Waals surface area contributed by atoms with Crippen LogP contribution >= 0.6 is 0 Å². The summed E-state index contributed by atoms with van der Waals surface area (Å²) >= 11 is 0. The van der Waals surface area contributed by atoms with Crippen LogP contribution in [0.1, 0.15) is 0 Å². The summed E-state index contributed by atoms with van der Waals surface area (Å²) in [7, 11) is -2.74. The Morgan fingerprint density at radius 1 is 1.44 bits per heavy atom. The van der Waals surface area contributed by atoms with E-state index >= 15 is 0 Å². The molecule has 7 heteroatoms. The summed E-state index contributed by atoms with van der Waals surface area (Å²) < 4.78 is 43.9. The number of hydrogen-bond acceptors (Lipinski definition) is 5. The van der Waals surface area contributed by atoms with Gasteiger partial charge in [-0.1, -0.05) is 0 Å². The molecule has 0 spiro atoms. The van der Waals surface area contributed by atoms with Crippen LogP contribution in [0.25, 0.3) is 0 Å². The van der Waals surface area contributed by atoms with Crippen molar-refractivity contribution in [3.8, 4) is 5.75 Å². The van der Waals surface area contributed by atoms with Gasteiger partial charge in [-0.05, 0) is 12.1 Å². The average Bonchev–Trinajstić information content (AvgIpc) is 2.27. The monoisotopic (exact) mass is 249 g/mol. The molecule has 90 valence electrons. The lowest BCUT2D eigenvalue weighted by Crippen LogP contribution is -2.06. The second-order valence-electron chi connectivity index (χ2n) is 2.86. The molecule has 0 saturated carbocycles. The van der Waals surface area contributed by atoms with Crippen molar-refractivity contribution in [2.24, 2.45) is 0 Å². The van der Waals surface area contributed by atoms with Gasteiger partial charge in [-0.3, -0.25) is 4.18 Å². The minimum atomic E-state index is -3.79. The number of hydrogen-bond donors (Lipinski definition) is 1. The molecular weight excluding hydrogens is 237 g/mol. The van der Waals surface area contributed by atoms with Gasteiger partial charge >= 0.3 is 0 Å². The van der Waals surface area contributed by atoms with E-state index in [9.17, 15) is 12.8 Å². The fourth-order valence-electron chi connectivity index (χ4n) is 1.04. The first-order chi connectivity index (χ1) is 7.51. The summed E-state index contributed by atoms with van der Waals surface area (Å²) in [6.07, 6.45) is 0. The minimum Gasteiger partial charge on any atom is -0.489 e. The first kappa shape index (κ1) is 12.7. The quantitative estimate of drug-likeness (QED) is 0.621. The molecule has 0 bridgehead atoms. The van der Waals surface area contributed by atoms with Gasteiger partial charge < -0.3 is 10.5 Å². The van der Waals surface area contributed by atoms with Gasteiger partial charge in [0.15, 0.2) is 0 Å². The highest BCUT2D eigenvalue weighted by atomic mass is 32.2. The van der Waals surface area contributed by atoms with E-state index in [-0.39, 0.29) is 22.9 Å². The Morgan fingerprint density at radius 2 is 2.12 bits per heavy atom. The van der Waals surface area contributed by atoms with E-state index in [1.807, 2.05) is 0 Å². The summed E-state index contributed by atoms with van der Waals surface area (Å²) in [5.41, 5.74) is 5.77. The first-order valence-electron chi connectivity index (χ1n) is 4.40. The van der Waals surface area contributed by atoms with Gasteiger partial charge in [0.25, 0.3) is 10.1 Å². The summed E-state index contributed by atoms with van der Waals surface area (Å²) in [4.78, 5) is -0.0851. The Hall–Kier alpha value is -1.34. The smallest absolute Gasteiger partial charge is 0.296 e. The van der Waals surface area contributed by atoms with Gasteiger partial charge in [-0.2, -0.15) is 8.42 Å². The van der Waals surface area contributed by atoms with Crippen LogP contribution in [-0.2, 0) is 14.3 Å². The van der Waals surface area contributed by atoms with Crippen LogP contribution in [0.3, 0.4) is 0 Å². The third kappa shape index (κ3) is 2.83. The van der Waals surface area contributed by atoms with Crippen molar-refractivity contribution in [3.05, 3.63) is 18.2 Å². The third-order valence-electron chi connectivity index (χ3n) is 1.83. The normalized spacial score (nSPS) is 11.4. The zero-order chi connectivity index (χ0) is 12.2. The highest BCUT2D eigenvalue weighted by Crippen LogP contribution is 2.25. The topological polar surface area (TPSA) is 78.6 Å². The van der Waals surface area contributed by atoms with Crippen molar-refractivity contribution in [2.45, 2.75) is 4.90 Å². The van der Waals surface area contributed by atoms with Crippen LogP contribution in [0.5, 0.6) is 5.75 Å². The molecule has 0 unspecified atom stereocenters. The molecule has 0 fully saturated rings. The Bertz CT molecular complexity index is 461. The van der Waals surface area contributed by atoms with Crippen molar-refractivity contribution >= 4 is 15.8 Å². The molecule has 0 aromatic heterocycles. The lowest BCUT2D eigenvalue weighted by atomic mass is 10.3. The van der Waals surface area contributed by atoms with Crippen LogP contribution in [0.2, 0.25) is 0 Å². The second-order valence-corrected chi connectivity index (χ2v) is 4.57. The SMILES string of the molecule is COS(=O)(=O)c1ccc(N)c(OCCF)c1. The van der Waals surface area contributed by atoms with Gasteiger partial charge in [-0.15, -0.1) is 0 Å². The molecule has 0 radical (unpaired) electrons. The first-order valence-corrected chi connectivity index (χ1v) is 5.81. The van der Waals surface area contributed by atoms with E-state index in [2.05, 4.69) is 4.18 Å². The predicted molar refractivity (Wildman–Crippen MR) is 56.5 cm³/mol. The minimum absolute atomic E-state index is 0.0851. The van der Waals surface area contributed by atoms with Crippen LogP contribution in [0.15, 0.2) is 23.1 Å². The molecule has 2 N–H and O–H groups in total. The largest absolute Gasteiger partial charge is 0.489 e. The summed E-state index contributed by atoms with van der Waals surface area (Å²) in [5, 5.41) is 0. The molecule has 5 nitrogen and oxygen atoms in total. The number of halogens is 1. The van der Waals surface area contributed by atoms with E-state index < -0.39 is 16.8 Å². The molecular formula is C9H12FNO4S. The maximum atomic E-state index is 11.9. The van der Waals surface area contributed by atoms with Gasteiger partial charge in [0, 0.05) is 6.07 Å². The van der Waals surface area contributed by atoms with Crippen LogP contribution in [0.4, 0.5) is 10.1 Å². The Kier molecular flexibility index (Phi) is 4.08. The molecule has 0 saturated heterocycles. The van der Waals surface area contributed by atoms with Gasteiger partial charge in [0.05, 0.1) is 17.7 Å². The van der Waals surface area contributed by atoms with Crippen molar-refractivity contribution < 1.29 is 21.7 Å². The molecule has 0 aliphatic carbocycles. The highest BCUT2D eigenvalue weighted by Gasteiger charge is 2.15. The molecule has 0 aliphatic heterocycles. The summed E-state index contributed by atoms with van der Waals surface area (Å²) in [6, 6.07) is 3.85. The van der Waals surface area contributed by atoms with Gasteiger partial charge in [-0.25, -0.2) is 4.39 Å². The van der Waals surface area contributed by atoms with Crippen molar-refractivity contribution in [2.75, 3.05) is 26.1 Å². The molecule has 1 aromatic rings. The third-order valence-corrected chi connectivity index (χ3v) is 3.10. The Morgan fingerprint density at radius 3 is 2.69 bits per heavy atom.